The van der Waals surface area contributed by atoms with Crippen LogP contribution in [-0.4, -0.2) is 27.9 Å². The molecule has 1 fully saturated rings. The molecule has 5 nitrogen and oxygen atoms in total. The molecule has 0 aliphatic carbocycles. The van der Waals surface area contributed by atoms with Gasteiger partial charge in [0.25, 0.3) is 0 Å². The summed E-state index contributed by atoms with van der Waals surface area (Å²) >= 11 is 1.68. The quantitative estimate of drug-likeness (QED) is 0.888. The fourth-order valence-electron chi connectivity index (χ4n) is 2.57. The molecule has 0 aromatic carbocycles. The van der Waals surface area contributed by atoms with Crippen molar-refractivity contribution in [1.29, 1.82) is 0 Å². The second-order valence-corrected chi connectivity index (χ2v) is 5.91. The van der Waals surface area contributed by atoms with E-state index in [1.54, 1.807) is 11.3 Å². The number of hydrogen-bond acceptors (Lipinski definition) is 4. The zero-order chi connectivity index (χ0) is 13.4. The van der Waals surface area contributed by atoms with E-state index in [4.69, 9.17) is 0 Å². The van der Waals surface area contributed by atoms with Gasteiger partial charge < -0.3 is 10.6 Å². The lowest BCUT2D eigenvalue weighted by atomic mass is 10.2. The molecular weight excluding hydrogens is 260 g/mol. The Morgan fingerprint density at radius 1 is 1.58 bits per heavy atom. The Morgan fingerprint density at radius 2 is 2.42 bits per heavy atom. The minimum absolute atomic E-state index is 0.170. The first-order valence-electron chi connectivity index (χ1n) is 6.57. The monoisotopic (exact) mass is 278 g/mol. The van der Waals surface area contributed by atoms with Gasteiger partial charge in [0.2, 0.25) is 5.91 Å². The van der Waals surface area contributed by atoms with Crippen LogP contribution in [-0.2, 0) is 11.3 Å². The van der Waals surface area contributed by atoms with E-state index in [9.17, 15) is 4.79 Å². The average molecular weight is 278 g/mol. The van der Waals surface area contributed by atoms with E-state index in [-0.39, 0.29) is 11.9 Å². The third-order valence-electron chi connectivity index (χ3n) is 3.60. The number of hydrogen-bond donors (Lipinski definition) is 2. The number of fused-ring (bicyclic) bond motifs is 1. The van der Waals surface area contributed by atoms with E-state index in [0.29, 0.717) is 6.42 Å². The van der Waals surface area contributed by atoms with E-state index < -0.39 is 0 Å². The molecule has 2 aromatic heterocycles. The molecule has 0 spiro atoms. The van der Waals surface area contributed by atoms with Crippen molar-refractivity contribution < 1.29 is 4.79 Å². The standard InChI is InChI=1S/C13H18N4OS/c1-8-7-19-13-15-9(2)11(17(8)13)6-14-5-10-3-4-12(18)16-10/h7,10,14H,3-6H2,1-2H3,(H,16,18). The van der Waals surface area contributed by atoms with E-state index >= 15 is 0 Å². The Bertz CT molecular complexity index is 615. The Hall–Kier alpha value is -1.40. The topological polar surface area (TPSA) is 58.4 Å². The third kappa shape index (κ3) is 2.37. The highest BCUT2D eigenvalue weighted by Crippen LogP contribution is 2.20. The zero-order valence-electron chi connectivity index (χ0n) is 11.2. The van der Waals surface area contributed by atoms with Crippen molar-refractivity contribution in [3.8, 4) is 0 Å². The Kier molecular flexibility index (Phi) is 3.28. The fraction of sp³-hybridized carbons (Fsp3) is 0.538. The van der Waals surface area contributed by atoms with Gasteiger partial charge in [0.15, 0.2) is 4.96 Å². The van der Waals surface area contributed by atoms with Crippen molar-refractivity contribution in [3.05, 3.63) is 22.5 Å². The summed E-state index contributed by atoms with van der Waals surface area (Å²) in [7, 11) is 0. The highest BCUT2D eigenvalue weighted by molar-refractivity contribution is 7.15. The molecule has 0 radical (unpaired) electrons. The smallest absolute Gasteiger partial charge is 0.220 e. The first-order chi connectivity index (χ1) is 9.15. The number of amides is 1. The SMILES string of the molecule is Cc1nc2scc(C)n2c1CNCC1CCC(=O)N1. The highest BCUT2D eigenvalue weighted by atomic mass is 32.1. The van der Waals surface area contributed by atoms with Crippen LogP contribution in [0.25, 0.3) is 4.96 Å². The van der Waals surface area contributed by atoms with Crippen LogP contribution in [0.4, 0.5) is 0 Å². The van der Waals surface area contributed by atoms with Crippen molar-refractivity contribution in [2.45, 2.75) is 39.3 Å². The van der Waals surface area contributed by atoms with Gasteiger partial charge in [-0.25, -0.2) is 4.98 Å². The summed E-state index contributed by atoms with van der Waals surface area (Å²) in [6.45, 7) is 5.76. The summed E-state index contributed by atoms with van der Waals surface area (Å²) in [5, 5.41) is 8.53. The molecule has 1 saturated heterocycles. The molecule has 1 amide bonds. The second-order valence-electron chi connectivity index (χ2n) is 5.07. The summed E-state index contributed by atoms with van der Waals surface area (Å²) in [6, 6.07) is 0.278. The minimum atomic E-state index is 0.170. The molecular formula is C13H18N4OS. The number of nitrogens with one attached hydrogen (secondary N) is 2. The maximum absolute atomic E-state index is 11.1. The van der Waals surface area contributed by atoms with Crippen molar-refractivity contribution in [3.63, 3.8) is 0 Å². The van der Waals surface area contributed by atoms with Gasteiger partial charge >= 0.3 is 0 Å². The summed E-state index contributed by atoms with van der Waals surface area (Å²) in [6.07, 6.45) is 1.59. The summed E-state index contributed by atoms with van der Waals surface area (Å²) in [5.74, 6) is 0.170. The van der Waals surface area contributed by atoms with Gasteiger partial charge in [0.1, 0.15) is 0 Å². The van der Waals surface area contributed by atoms with E-state index in [1.165, 1.54) is 11.4 Å². The van der Waals surface area contributed by atoms with Gasteiger partial charge in [0.05, 0.1) is 11.4 Å². The molecule has 102 valence electrons. The van der Waals surface area contributed by atoms with Gasteiger partial charge in [-0.05, 0) is 20.3 Å². The number of aryl methyl sites for hydroxylation is 2. The number of thiazole rings is 1. The zero-order valence-corrected chi connectivity index (χ0v) is 12.0. The number of rotatable bonds is 4. The van der Waals surface area contributed by atoms with Gasteiger partial charge in [-0.1, -0.05) is 0 Å². The number of aromatic nitrogens is 2. The molecule has 6 heteroatoms. The maximum atomic E-state index is 11.1. The molecule has 1 atom stereocenters. The Labute approximate surface area is 116 Å². The van der Waals surface area contributed by atoms with Crippen LogP contribution in [0.1, 0.15) is 29.9 Å². The van der Waals surface area contributed by atoms with Crippen LogP contribution in [0.5, 0.6) is 0 Å². The molecule has 0 bridgehead atoms. The molecule has 3 rings (SSSR count). The second kappa shape index (κ2) is 4.94. The van der Waals surface area contributed by atoms with Crippen molar-refractivity contribution in [2.24, 2.45) is 0 Å². The molecule has 3 heterocycles. The van der Waals surface area contributed by atoms with Gasteiger partial charge in [-0.3, -0.25) is 9.20 Å². The van der Waals surface area contributed by atoms with Crippen LogP contribution in [0.2, 0.25) is 0 Å². The average Bonchev–Trinajstić information content (AvgIpc) is 3.01. The van der Waals surface area contributed by atoms with Gasteiger partial charge in [-0.15, -0.1) is 11.3 Å². The van der Waals surface area contributed by atoms with Crippen LogP contribution in [0, 0.1) is 13.8 Å². The molecule has 2 N–H and O–H groups in total. The number of nitrogens with zero attached hydrogens (tertiary/aromatic N) is 2. The Balaban J connectivity index is 1.66. The lowest BCUT2D eigenvalue weighted by Crippen LogP contribution is -2.35. The van der Waals surface area contributed by atoms with E-state index in [0.717, 1.165) is 30.2 Å². The van der Waals surface area contributed by atoms with E-state index in [2.05, 4.69) is 32.3 Å². The summed E-state index contributed by atoms with van der Waals surface area (Å²) in [4.78, 5) is 16.8. The molecule has 1 aliphatic heterocycles. The fourth-order valence-corrected chi connectivity index (χ4v) is 3.50. The first kappa shape index (κ1) is 12.6. The van der Waals surface area contributed by atoms with Gasteiger partial charge in [-0.2, -0.15) is 0 Å². The van der Waals surface area contributed by atoms with Crippen LogP contribution in [0.15, 0.2) is 5.38 Å². The summed E-state index contributed by atoms with van der Waals surface area (Å²) < 4.78 is 2.21. The number of carbonyl (C=O) groups excluding carboxylic acids is 1. The predicted octanol–water partition coefficient (Wildman–Crippen LogP) is 1.38. The van der Waals surface area contributed by atoms with Crippen LogP contribution < -0.4 is 10.6 Å². The first-order valence-corrected chi connectivity index (χ1v) is 7.45. The van der Waals surface area contributed by atoms with Crippen LogP contribution >= 0.6 is 11.3 Å². The molecule has 2 aromatic rings. The van der Waals surface area contributed by atoms with E-state index in [1.807, 2.05) is 6.92 Å². The minimum Gasteiger partial charge on any atom is -0.352 e. The van der Waals surface area contributed by atoms with Crippen molar-refractivity contribution >= 4 is 22.2 Å². The largest absolute Gasteiger partial charge is 0.352 e. The van der Waals surface area contributed by atoms with Crippen molar-refractivity contribution in [1.82, 2.24) is 20.0 Å². The number of carbonyl (C=O) groups is 1. The molecule has 0 saturated carbocycles. The number of imidazole rings is 1. The molecule has 1 aliphatic rings. The lowest BCUT2D eigenvalue weighted by Gasteiger charge is -2.11. The maximum Gasteiger partial charge on any atom is 0.220 e. The van der Waals surface area contributed by atoms with Gasteiger partial charge in [0, 0.05) is 36.6 Å². The lowest BCUT2D eigenvalue weighted by molar-refractivity contribution is -0.119. The summed E-state index contributed by atoms with van der Waals surface area (Å²) in [5.41, 5.74) is 3.53. The normalized spacial score (nSPS) is 19.3. The molecule has 1 unspecified atom stereocenters. The predicted molar refractivity (Wildman–Crippen MR) is 75.4 cm³/mol. The third-order valence-corrected chi connectivity index (χ3v) is 4.54. The van der Waals surface area contributed by atoms with Crippen molar-refractivity contribution in [2.75, 3.05) is 6.54 Å². The van der Waals surface area contributed by atoms with Crippen LogP contribution in [0.3, 0.4) is 0 Å². The Morgan fingerprint density at radius 3 is 3.16 bits per heavy atom. The highest BCUT2D eigenvalue weighted by Gasteiger charge is 2.20. The molecule has 19 heavy (non-hydrogen) atoms.